The summed E-state index contributed by atoms with van der Waals surface area (Å²) in [6, 6.07) is 15.9. The van der Waals surface area contributed by atoms with Crippen molar-refractivity contribution < 1.29 is 9.53 Å². The maximum Gasteiger partial charge on any atom is 0.255 e. The summed E-state index contributed by atoms with van der Waals surface area (Å²) in [5.41, 5.74) is 3.62. The molecule has 0 spiro atoms. The first-order chi connectivity index (χ1) is 12.7. The van der Waals surface area contributed by atoms with Gasteiger partial charge in [-0.15, -0.1) is 0 Å². The summed E-state index contributed by atoms with van der Waals surface area (Å²) in [4.78, 5) is 14.9. The molecule has 26 heavy (non-hydrogen) atoms. The van der Waals surface area contributed by atoms with E-state index < -0.39 is 0 Å². The Morgan fingerprint density at radius 2 is 1.81 bits per heavy atom. The fourth-order valence-electron chi connectivity index (χ4n) is 3.48. The van der Waals surface area contributed by atoms with E-state index in [0.29, 0.717) is 12.2 Å². The number of fused-ring (bicyclic) bond motifs is 1. The molecule has 2 aromatic carbocycles. The van der Waals surface area contributed by atoms with Crippen molar-refractivity contribution >= 4 is 23.4 Å². The van der Waals surface area contributed by atoms with Crippen molar-refractivity contribution in [1.82, 2.24) is 0 Å². The third kappa shape index (κ3) is 3.59. The van der Waals surface area contributed by atoms with Gasteiger partial charge in [0, 0.05) is 30.0 Å². The van der Waals surface area contributed by atoms with Crippen LogP contribution in [0.1, 0.15) is 25.3 Å². The Morgan fingerprint density at radius 1 is 1.08 bits per heavy atom. The lowest BCUT2D eigenvalue weighted by Gasteiger charge is -2.32. The van der Waals surface area contributed by atoms with E-state index in [-0.39, 0.29) is 5.91 Å². The maximum absolute atomic E-state index is 12.5. The van der Waals surface area contributed by atoms with Gasteiger partial charge in [-0.3, -0.25) is 4.79 Å². The second-order valence-electron chi connectivity index (χ2n) is 7.17. The Kier molecular flexibility index (Phi) is 4.65. The van der Waals surface area contributed by atoms with Crippen molar-refractivity contribution in [2.75, 3.05) is 29.9 Å². The van der Waals surface area contributed by atoms with Crippen LogP contribution in [0.5, 0.6) is 5.75 Å². The predicted molar refractivity (Wildman–Crippen MR) is 106 cm³/mol. The summed E-state index contributed by atoms with van der Waals surface area (Å²) < 4.78 is 5.67. The number of amides is 1. The average molecular weight is 348 g/mol. The van der Waals surface area contributed by atoms with Crippen molar-refractivity contribution in [2.45, 2.75) is 19.8 Å². The van der Waals surface area contributed by atoms with E-state index in [4.69, 9.17) is 4.74 Å². The van der Waals surface area contributed by atoms with Gasteiger partial charge in [-0.25, -0.2) is 0 Å². The lowest BCUT2D eigenvalue weighted by Crippen LogP contribution is -2.32. The van der Waals surface area contributed by atoms with Gasteiger partial charge in [0.05, 0.1) is 5.57 Å². The van der Waals surface area contributed by atoms with E-state index in [2.05, 4.69) is 29.3 Å². The van der Waals surface area contributed by atoms with Crippen LogP contribution in [0.3, 0.4) is 0 Å². The molecule has 2 aliphatic heterocycles. The minimum absolute atomic E-state index is 0.112. The number of carbonyl (C=O) groups excluding carboxylic acids is 1. The molecule has 2 aliphatic rings. The number of nitrogens with zero attached hydrogens (tertiary/aromatic N) is 1. The van der Waals surface area contributed by atoms with E-state index in [1.807, 2.05) is 42.5 Å². The van der Waals surface area contributed by atoms with Crippen molar-refractivity contribution in [2.24, 2.45) is 5.92 Å². The standard InChI is InChI=1S/C22H24N2O2/c1-16-10-12-24(13-11-16)20-8-6-19(7-9-20)23-22(25)18-14-17-4-2-3-5-21(17)26-15-18/h2-9,14,16H,10-13,15H2,1H3,(H,23,25). The number of para-hydroxylation sites is 1. The molecule has 0 unspecified atom stereocenters. The third-order valence-electron chi connectivity index (χ3n) is 5.20. The Bertz CT molecular complexity index is 818. The number of ether oxygens (including phenoxy) is 1. The molecule has 1 saturated heterocycles. The number of carbonyl (C=O) groups is 1. The van der Waals surface area contributed by atoms with Gasteiger partial charge < -0.3 is 15.0 Å². The Morgan fingerprint density at radius 3 is 2.58 bits per heavy atom. The molecule has 0 aromatic heterocycles. The summed E-state index contributed by atoms with van der Waals surface area (Å²) in [6.07, 6.45) is 4.39. The van der Waals surface area contributed by atoms with E-state index in [1.54, 1.807) is 0 Å². The van der Waals surface area contributed by atoms with Crippen LogP contribution >= 0.6 is 0 Å². The van der Waals surface area contributed by atoms with Gasteiger partial charge in [0.2, 0.25) is 0 Å². The first-order valence-electron chi connectivity index (χ1n) is 9.28. The fraction of sp³-hybridized carbons (Fsp3) is 0.318. The van der Waals surface area contributed by atoms with Gasteiger partial charge in [-0.1, -0.05) is 25.1 Å². The molecular formula is C22H24N2O2. The van der Waals surface area contributed by atoms with E-state index >= 15 is 0 Å². The molecule has 2 aromatic rings. The van der Waals surface area contributed by atoms with Gasteiger partial charge in [-0.05, 0) is 55.2 Å². The van der Waals surface area contributed by atoms with Gasteiger partial charge in [0.1, 0.15) is 12.4 Å². The third-order valence-corrected chi connectivity index (χ3v) is 5.20. The SMILES string of the molecule is CC1CCN(c2ccc(NC(=O)C3=Cc4ccccc4OC3)cc2)CC1. The van der Waals surface area contributed by atoms with Crippen molar-refractivity contribution in [1.29, 1.82) is 0 Å². The zero-order chi connectivity index (χ0) is 17.9. The summed E-state index contributed by atoms with van der Waals surface area (Å²) in [5, 5.41) is 2.97. The molecule has 0 atom stereocenters. The number of rotatable bonds is 3. The highest BCUT2D eigenvalue weighted by Crippen LogP contribution is 2.27. The van der Waals surface area contributed by atoms with Gasteiger partial charge in [0.25, 0.3) is 5.91 Å². The van der Waals surface area contributed by atoms with Crippen LogP contribution < -0.4 is 15.0 Å². The smallest absolute Gasteiger partial charge is 0.255 e. The first-order valence-corrected chi connectivity index (χ1v) is 9.28. The van der Waals surface area contributed by atoms with Crippen LogP contribution in [0, 0.1) is 5.92 Å². The Labute approximate surface area is 154 Å². The molecule has 4 rings (SSSR count). The Balaban J connectivity index is 1.41. The summed E-state index contributed by atoms with van der Waals surface area (Å²) in [6.45, 7) is 4.83. The first kappa shape index (κ1) is 16.7. The average Bonchev–Trinajstić information content (AvgIpc) is 2.69. The molecule has 0 saturated carbocycles. The topological polar surface area (TPSA) is 41.6 Å². The summed E-state index contributed by atoms with van der Waals surface area (Å²) in [7, 11) is 0. The second kappa shape index (κ2) is 7.24. The number of anilines is 2. The van der Waals surface area contributed by atoms with Crippen molar-refractivity contribution in [3.05, 3.63) is 59.7 Å². The summed E-state index contributed by atoms with van der Waals surface area (Å²) >= 11 is 0. The van der Waals surface area contributed by atoms with Gasteiger partial charge in [0.15, 0.2) is 0 Å². The largest absolute Gasteiger partial charge is 0.488 e. The Hall–Kier alpha value is -2.75. The fourth-order valence-corrected chi connectivity index (χ4v) is 3.48. The molecule has 0 aliphatic carbocycles. The van der Waals surface area contributed by atoms with Gasteiger partial charge >= 0.3 is 0 Å². The van der Waals surface area contributed by atoms with Crippen molar-refractivity contribution in [3.63, 3.8) is 0 Å². The maximum atomic E-state index is 12.5. The number of piperidine rings is 1. The molecule has 2 heterocycles. The molecule has 1 fully saturated rings. The molecular weight excluding hydrogens is 324 g/mol. The molecule has 0 radical (unpaired) electrons. The molecule has 4 heteroatoms. The van der Waals surface area contributed by atoms with E-state index in [9.17, 15) is 4.79 Å². The molecule has 0 bridgehead atoms. The van der Waals surface area contributed by atoms with E-state index in [0.717, 1.165) is 36.0 Å². The number of benzene rings is 2. The van der Waals surface area contributed by atoms with E-state index in [1.165, 1.54) is 18.5 Å². The van der Waals surface area contributed by atoms with Crippen molar-refractivity contribution in [3.8, 4) is 5.75 Å². The van der Waals surface area contributed by atoms with Gasteiger partial charge in [-0.2, -0.15) is 0 Å². The van der Waals surface area contributed by atoms with Crippen LogP contribution in [-0.2, 0) is 4.79 Å². The lowest BCUT2D eigenvalue weighted by atomic mass is 9.99. The highest BCUT2D eigenvalue weighted by Gasteiger charge is 2.18. The molecule has 134 valence electrons. The molecule has 4 nitrogen and oxygen atoms in total. The monoisotopic (exact) mass is 348 g/mol. The zero-order valence-electron chi connectivity index (χ0n) is 15.1. The second-order valence-corrected chi connectivity index (χ2v) is 7.17. The van der Waals surface area contributed by atoms with Crippen LogP contribution in [-0.4, -0.2) is 25.6 Å². The zero-order valence-corrected chi connectivity index (χ0v) is 15.1. The van der Waals surface area contributed by atoms with Crippen LogP contribution in [0.4, 0.5) is 11.4 Å². The minimum atomic E-state index is -0.112. The van der Waals surface area contributed by atoms with Crippen LogP contribution in [0.15, 0.2) is 54.1 Å². The number of nitrogens with one attached hydrogen (secondary N) is 1. The molecule has 1 amide bonds. The minimum Gasteiger partial charge on any atom is -0.488 e. The van der Waals surface area contributed by atoms with Crippen LogP contribution in [0.25, 0.3) is 6.08 Å². The highest BCUT2D eigenvalue weighted by atomic mass is 16.5. The lowest BCUT2D eigenvalue weighted by molar-refractivity contribution is -0.113. The summed E-state index contributed by atoms with van der Waals surface area (Å²) in [5.74, 6) is 1.53. The van der Waals surface area contributed by atoms with Crippen LogP contribution in [0.2, 0.25) is 0 Å². The molecule has 1 N–H and O–H groups in total. The quantitative estimate of drug-likeness (QED) is 0.897. The number of hydrogen-bond acceptors (Lipinski definition) is 3. The predicted octanol–water partition coefficient (Wildman–Crippen LogP) is 4.34. The number of hydrogen-bond donors (Lipinski definition) is 1. The highest BCUT2D eigenvalue weighted by molar-refractivity contribution is 6.07. The normalized spacial score (nSPS) is 17.1.